The second-order valence-electron chi connectivity index (χ2n) is 5.84. The molecule has 0 radical (unpaired) electrons. The smallest absolute Gasteiger partial charge is 0.257 e. The maximum absolute atomic E-state index is 12.3. The van der Waals surface area contributed by atoms with Crippen LogP contribution in [0.4, 0.5) is 5.69 Å². The first-order chi connectivity index (χ1) is 13.0. The second kappa shape index (κ2) is 9.78. The number of carbonyl (C=O) groups excluding carboxylic acids is 1. The van der Waals surface area contributed by atoms with Crippen LogP contribution in [0.25, 0.3) is 0 Å². The number of hydrogen-bond acceptors (Lipinski definition) is 5. The van der Waals surface area contributed by atoms with Crippen molar-refractivity contribution in [2.45, 2.75) is 26.4 Å². The van der Waals surface area contributed by atoms with E-state index < -0.39 is 0 Å². The minimum atomic E-state index is -0.303. The number of hydrogen-bond donors (Lipinski definition) is 2. The van der Waals surface area contributed by atoms with Gasteiger partial charge in [-0.1, -0.05) is 6.92 Å². The fourth-order valence-electron chi connectivity index (χ4n) is 2.25. The first kappa shape index (κ1) is 20.5. The summed E-state index contributed by atoms with van der Waals surface area (Å²) in [6.07, 6.45) is 1.04. The fraction of sp³-hybridized carbons (Fsp3) is 0.300. The van der Waals surface area contributed by atoms with Crippen LogP contribution in [0.5, 0.6) is 17.2 Å². The Kier molecular flexibility index (Phi) is 7.43. The molecule has 0 fully saturated rings. The lowest BCUT2D eigenvalue weighted by molar-refractivity contribution is 0.0977. The van der Waals surface area contributed by atoms with E-state index in [4.69, 9.17) is 26.4 Å². The lowest BCUT2D eigenvalue weighted by Crippen LogP contribution is -2.34. The minimum Gasteiger partial charge on any atom is -0.493 e. The molecule has 0 saturated carbocycles. The molecule has 0 heterocycles. The van der Waals surface area contributed by atoms with Gasteiger partial charge in [-0.15, -0.1) is 0 Å². The van der Waals surface area contributed by atoms with E-state index in [0.717, 1.165) is 12.2 Å². The summed E-state index contributed by atoms with van der Waals surface area (Å²) in [5, 5.41) is 5.79. The van der Waals surface area contributed by atoms with E-state index in [2.05, 4.69) is 17.6 Å². The number of benzene rings is 2. The van der Waals surface area contributed by atoms with Crippen molar-refractivity contribution < 1.29 is 19.0 Å². The van der Waals surface area contributed by atoms with E-state index in [9.17, 15) is 4.79 Å². The van der Waals surface area contributed by atoms with Crippen molar-refractivity contribution in [2.75, 3.05) is 19.5 Å². The Labute approximate surface area is 164 Å². The molecule has 1 unspecified atom stereocenters. The summed E-state index contributed by atoms with van der Waals surface area (Å²) in [7, 11) is 3.12. The molecule has 144 valence electrons. The molecule has 0 aliphatic carbocycles. The molecule has 0 aliphatic heterocycles. The van der Waals surface area contributed by atoms with Gasteiger partial charge < -0.3 is 19.5 Å². The van der Waals surface area contributed by atoms with Crippen molar-refractivity contribution in [2.24, 2.45) is 0 Å². The van der Waals surface area contributed by atoms with Crippen LogP contribution in [-0.4, -0.2) is 31.3 Å². The van der Waals surface area contributed by atoms with E-state index in [0.29, 0.717) is 22.7 Å². The molecule has 2 aromatic rings. The average molecular weight is 388 g/mol. The van der Waals surface area contributed by atoms with Gasteiger partial charge in [-0.25, -0.2) is 0 Å². The third kappa shape index (κ3) is 5.86. The molecular weight excluding hydrogens is 364 g/mol. The summed E-state index contributed by atoms with van der Waals surface area (Å²) in [6.45, 7) is 4.05. The summed E-state index contributed by atoms with van der Waals surface area (Å²) in [5.74, 6) is 1.60. The van der Waals surface area contributed by atoms with Gasteiger partial charge in [-0.3, -0.25) is 10.1 Å². The van der Waals surface area contributed by atoms with Crippen LogP contribution in [0.2, 0.25) is 0 Å². The van der Waals surface area contributed by atoms with E-state index in [1.165, 1.54) is 0 Å². The SMILES string of the molecule is CCC(C)Oc1ccc(C(=O)NC(=S)Nc2ccc(OC)c(OC)c2)cc1. The molecule has 1 atom stereocenters. The number of anilines is 1. The highest BCUT2D eigenvalue weighted by Gasteiger charge is 2.10. The molecule has 2 N–H and O–H groups in total. The third-order valence-electron chi connectivity index (χ3n) is 3.90. The first-order valence-electron chi connectivity index (χ1n) is 8.57. The van der Waals surface area contributed by atoms with E-state index in [1.54, 1.807) is 56.7 Å². The van der Waals surface area contributed by atoms with Crippen LogP contribution in [-0.2, 0) is 0 Å². The van der Waals surface area contributed by atoms with Gasteiger partial charge in [0.05, 0.1) is 20.3 Å². The third-order valence-corrected chi connectivity index (χ3v) is 4.10. The van der Waals surface area contributed by atoms with Gasteiger partial charge in [0.15, 0.2) is 16.6 Å². The zero-order chi connectivity index (χ0) is 19.8. The molecule has 0 aromatic heterocycles. The molecule has 0 saturated heterocycles. The van der Waals surface area contributed by atoms with Gasteiger partial charge in [0.2, 0.25) is 0 Å². The number of thiocarbonyl (C=S) groups is 1. The van der Waals surface area contributed by atoms with Crippen LogP contribution >= 0.6 is 12.2 Å². The zero-order valence-corrected chi connectivity index (χ0v) is 16.7. The number of nitrogens with one attached hydrogen (secondary N) is 2. The van der Waals surface area contributed by atoms with E-state index in [-0.39, 0.29) is 17.1 Å². The lowest BCUT2D eigenvalue weighted by Gasteiger charge is -2.14. The largest absolute Gasteiger partial charge is 0.493 e. The molecular formula is C20H24N2O4S. The predicted octanol–water partition coefficient (Wildman–Crippen LogP) is 4.01. The predicted molar refractivity (Wildman–Crippen MR) is 110 cm³/mol. The molecule has 1 amide bonds. The van der Waals surface area contributed by atoms with Gasteiger partial charge in [-0.2, -0.15) is 0 Å². The molecule has 0 spiro atoms. The number of methoxy groups -OCH3 is 2. The molecule has 2 aromatic carbocycles. The monoisotopic (exact) mass is 388 g/mol. The van der Waals surface area contributed by atoms with Crippen LogP contribution in [0.1, 0.15) is 30.6 Å². The van der Waals surface area contributed by atoms with Crippen LogP contribution in [0.3, 0.4) is 0 Å². The Balaban J connectivity index is 1.96. The van der Waals surface area contributed by atoms with Crippen LogP contribution in [0, 0.1) is 0 Å². The highest BCUT2D eigenvalue weighted by Crippen LogP contribution is 2.29. The number of amides is 1. The van der Waals surface area contributed by atoms with Crippen molar-refractivity contribution in [1.29, 1.82) is 0 Å². The maximum Gasteiger partial charge on any atom is 0.257 e. The number of ether oxygens (including phenoxy) is 3. The average Bonchev–Trinajstić information content (AvgIpc) is 2.68. The summed E-state index contributed by atoms with van der Waals surface area (Å²) in [5.41, 5.74) is 1.17. The summed E-state index contributed by atoms with van der Waals surface area (Å²) >= 11 is 5.21. The quantitative estimate of drug-likeness (QED) is 0.699. The number of carbonyl (C=O) groups is 1. The Morgan fingerprint density at radius 1 is 1.07 bits per heavy atom. The minimum absolute atomic E-state index is 0.128. The standard InChI is InChI=1S/C20H24N2O4S/c1-5-13(2)26-16-9-6-14(7-10-16)19(23)22-20(27)21-15-8-11-17(24-3)18(12-15)25-4/h6-13H,5H2,1-4H3,(H2,21,22,23,27). The highest BCUT2D eigenvalue weighted by molar-refractivity contribution is 7.80. The Morgan fingerprint density at radius 3 is 2.33 bits per heavy atom. The van der Waals surface area contributed by atoms with Crippen molar-refractivity contribution in [3.8, 4) is 17.2 Å². The van der Waals surface area contributed by atoms with Crippen molar-refractivity contribution in [3.05, 3.63) is 48.0 Å². The van der Waals surface area contributed by atoms with Gasteiger partial charge in [-0.05, 0) is 62.0 Å². The Bertz CT molecular complexity index is 793. The van der Waals surface area contributed by atoms with Gasteiger partial charge in [0.1, 0.15) is 5.75 Å². The normalized spacial score (nSPS) is 11.3. The van der Waals surface area contributed by atoms with Gasteiger partial charge >= 0.3 is 0 Å². The summed E-state index contributed by atoms with van der Waals surface area (Å²) in [6, 6.07) is 12.2. The molecule has 0 bridgehead atoms. The van der Waals surface area contributed by atoms with Crippen LogP contribution < -0.4 is 24.8 Å². The maximum atomic E-state index is 12.3. The van der Waals surface area contributed by atoms with Gasteiger partial charge in [0.25, 0.3) is 5.91 Å². The molecule has 7 heteroatoms. The van der Waals surface area contributed by atoms with Crippen molar-refractivity contribution >= 4 is 28.9 Å². The number of rotatable bonds is 7. The molecule has 27 heavy (non-hydrogen) atoms. The zero-order valence-electron chi connectivity index (χ0n) is 15.9. The van der Waals surface area contributed by atoms with Crippen molar-refractivity contribution in [1.82, 2.24) is 5.32 Å². The first-order valence-corrected chi connectivity index (χ1v) is 8.98. The topological polar surface area (TPSA) is 68.8 Å². The Hall–Kier alpha value is -2.80. The van der Waals surface area contributed by atoms with E-state index in [1.807, 2.05) is 6.92 Å². The highest BCUT2D eigenvalue weighted by atomic mass is 32.1. The molecule has 2 rings (SSSR count). The van der Waals surface area contributed by atoms with Crippen molar-refractivity contribution in [3.63, 3.8) is 0 Å². The van der Waals surface area contributed by atoms with E-state index >= 15 is 0 Å². The lowest BCUT2D eigenvalue weighted by atomic mass is 10.2. The Morgan fingerprint density at radius 2 is 1.74 bits per heavy atom. The summed E-state index contributed by atoms with van der Waals surface area (Å²) in [4.78, 5) is 12.3. The summed E-state index contributed by atoms with van der Waals surface area (Å²) < 4.78 is 16.1. The molecule has 6 nitrogen and oxygen atoms in total. The van der Waals surface area contributed by atoms with Crippen LogP contribution in [0.15, 0.2) is 42.5 Å². The fourth-order valence-corrected chi connectivity index (χ4v) is 2.46. The second-order valence-corrected chi connectivity index (χ2v) is 6.25. The molecule has 0 aliphatic rings. The van der Waals surface area contributed by atoms with Gasteiger partial charge in [0, 0.05) is 17.3 Å².